The molecule has 0 aromatic heterocycles. The van der Waals surface area contributed by atoms with Gasteiger partial charge in [0.2, 0.25) is 0 Å². The number of halogens is 3. The summed E-state index contributed by atoms with van der Waals surface area (Å²) in [6, 6.07) is 9.97. The molecule has 0 N–H and O–H groups in total. The third-order valence-corrected chi connectivity index (χ3v) is 3.56. The third-order valence-electron chi connectivity index (χ3n) is 2.61. The molecule has 0 bridgehead atoms. The average Bonchev–Trinajstić information content (AvgIpc) is 2.32. The standard InChI is InChI=1S/C14H9Cl3O/c1-8-2-3-9(6-12(8)16)14(18)11-5-4-10(15)7-13(11)17/h2-7H,1H3. The van der Waals surface area contributed by atoms with E-state index in [9.17, 15) is 4.79 Å². The van der Waals surface area contributed by atoms with Gasteiger partial charge in [0.05, 0.1) is 5.02 Å². The van der Waals surface area contributed by atoms with Gasteiger partial charge < -0.3 is 0 Å². The molecule has 0 radical (unpaired) electrons. The summed E-state index contributed by atoms with van der Waals surface area (Å²) in [5.41, 5.74) is 1.85. The summed E-state index contributed by atoms with van der Waals surface area (Å²) >= 11 is 17.8. The van der Waals surface area contributed by atoms with Gasteiger partial charge in [-0.1, -0.05) is 46.9 Å². The Morgan fingerprint density at radius 1 is 0.944 bits per heavy atom. The molecule has 92 valence electrons. The summed E-state index contributed by atoms with van der Waals surface area (Å²) in [7, 11) is 0. The summed E-state index contributed by atoms with van der Waals surface area (Å²) in [4.78, 5) is 12.3. The molecule has 4 heteroatoms. The van der Waals surface area contributed by atoms with Crippen LogP contribution in [0, 0.1) is 6.92 Å². The van der Waals surface area contributed by atoms with Gasteiger partial charge >= 0.3 is 0 Å². The maximum Gasteiger partial charge on any atom is 0.194 e. The molecule has 18 heavy (non-hydrogen) atoms. The van der Waals surface area contributed by atoms with Crippen LogP contribution >= 0.6 is 34.8 Å². The van der Waals surface area contributed by atoms with E-state index in [2.05, 4.69) is 0 Å². The normalized spacial score (nSPS) is 10.4. The first-order valence-electron chi connectivity index (χ1n) is 5.25. The molecule has 1 nitrogen and oxygen atoms in total. The van der Waals surface area contributed by atoms with Crippen LogP contribution in [0.3, 0.4) is 0 Å². The maximum atomic E-state index is 12.3. The van der Waals surface area contributed by atoms with Gasteiger partial charge in [-0.2, -0.15) is 0 Å². The van der Waals surface area contributed by atoms with Crippen molar-refractivity contribution in [2.24, 2.45) is 0 Å². The van der Waals surface area contributed by atoms with Crippen molar-refractivity contribution < 1.29 is 4.79 Å². The number of ketones is 1. The Balaban J connectivity index is 2.44. The quantitative estimate of drug-likeness (QED) is 0.698. The summed E-state index contributed by atoms with van der Waals surface area (Å²) in [6.45, 7) is 1.88. The molecule has 0 heterocycles. The van der Waals surface area contributed by atoms with Gasteiger partial charge in [0, 0.05) is 21.2 Å². The first-order chi connectivity index (χ1) is 8.49. The molecule has 0 saturated carbocycles. The first kappa shape index (κ1) is 13.4. The van der Waals surface area contributed by atoms with Crippen molar-refractivity contribution >= 4 is 40.6 Å². The second-order valence-corrected chi connectivity index (χ2v) is 5.17. The van der Waals surface area contributed by atoms with E-state index in [0.717, 1.165) is 5.56 Å². The Hall–Kier alpha value is -1.02. The topological polar surface area (TPSA) is 17.1 Å². The minimum absolute atomic E-state index is 0.168. The molecule has 2 rings (SSSR count). The lowest BCUT2D eigenvalue weighted by Gasteiger charge is -2.06. The van der Waals surface area contributed by atoms with Crippen LogP contribution in [0.4, 0.5) is 0 Å². The number of benzene rings is 2. The fourth-order valence-corrected chi connectivity index (χ4v) is 2.24. The first-order valence-corrected chi connectivity index (χ1v) is 6.38. The predicted octanol–water partition coefficient (Wildman–Crippen LogP) is 5.19. The summed E-state index contributed by atoms with van der Waals surface area (Å²) in [5, 5.41) is 1.40. The van der Waals surface area contributed by atoms with Crippen molar-refractivity contribution in [3.8, 4) is 0 Å². The lowest BCUT2D eigenvalue weighted by Crippen LogP contribution is -2.02. The Bertz CT molecular complexity index is 620. The highest BCUT2D eigenvalue weighted by atomic mass is 35.5. The Morgan fingerprint density at radius 3 is 2.28 bits per heavy atom. The van der Waals surface area contributed by atoms with E-state index in [1.54, 1.807) is 36.4 Å². The Labute approximate surface area is 120 Å². The number of rotatable bonds is 2. The van der Waals surface area contributed by atoms with Crippen LogP contribution in [0.25, 0.3) is 0 Å². The van der Waals surface area contributed by atoms with Crippen LogP contribution in [0.5, 0.6) is 0 Å². The molecule has 0 saturated heterocycles. The molecule has 0 aliphatic carbocycles. The molecule has 0 atom stereocenters. The molecule has 2 aromatic rings. The number of aryl methyl sites for hydroxylation is 1. The fraction of sp³-hybridized carbons (Fsp3) is 0.0714. The summed E-state index contributed by atoms with van der Waals surface area (Å²) < 4.78 is 0. The second kappa shape index (κ2) is 5.31. The maximum absolute atomic E-state index is 12.3. The van der Waals surface area contributed by atoms with Crippen LogP contribution < -0.4 is 0 Å². The average molecular weight is 300 g/mol. The molecule has 0 spiro atoms. The van der Waals surface area contributed by atoms with Crippen molar-refractivity contribution in [3.05, 3.63) is 68.2 Å². The summed E-state index contributed by atoms with van der Waals surface area (Å²) in [6.07, 6.45) is 0. The number of carbonyl (C=O) groups excluding carboxylic acids is 1. The van der Waals surface area contributed by atoms with E-state index >= 15 is 0 Å². The largest absolute Gasteiger partial charge is 0.289 e. The predicted molar refractivity (Wildman–Crippen MR) is 76.1 cm³/mol. The highest BCUT2D eigenvalue weighted by molar-refractivity contribution is 6.37. The van der Waals surface area contributed by atoms with E-state index in [1.807, 2.05) is 6.92 Å². The minimum Gasteiger partial charge on any atom is -0.289 e. The molecular weight excluding hydrogens is 291 g/mol. The smallest absolute Gasteiger partial charge is 0.194 e. The van der Waals surface area contributed by atoms with Crippen molar-refractivity contribution in [2.75, 3.05) is 0 Å². The van der Waals surface area contributed by atoms with Gasteiger partial charge in [-0.25, -0.2) is 0 Å². The van der Waals surface area contributed by atoms with Crippen molar-refractivity contribution in [2.45, 2.75) is 6.92 Å². The van der Waals surface area contributed by atoms with Crippen molar-refractivity contribution in [3.63, 3.8) is 0 Å². The van der Waals surface area contributed by atoms with Crippen molar-refractivity contribution in [1.29, 1.82) is 0 Å². The second-order valence-electron chi connectivity index (χ2n) is 3.92. The van der Waals surface area contributed by atoms with Gasteiger partial charge in [0.15, 0.2) is 5.78 Å². The van der Waals surface area contributed by atoms with E-state index in [0.29, 0.717) is 26.2 Å². The monoisotopic (exact) mass is 298 g/mol. The van der Waals surface area contributed by atoms with E-state index in [1.165, 1.54) is 0 Å². The molecule has 2 aromatic carbocycles. The SMILES string of the molecule is Cc1ccc(C(=O)c2ccc(Cl)cc2Cl)cc1Cl. The van der Waals surface area contributed by atoms with Gasteiger partial charge in [-0.3, -0.25) is 4.79 Å². The molecular formula is C14H9Cl3O. The van der Waals surface area contributed by atoms with E-state index in [-0.39, 0.29) is 5.78 Å². The van der Waals surface area contributed by atoms with Crippen LogP contribution in [-0.4, -0.2) is 5.78 Å². The highest BCUT2D eigenvalue weighted by Crippen LogP contribution is 2.25. The lowest BCUT2D eigenvalue weighted by molar-refractivity contribution is 0.103. The third kappa shape index (κ3) is 2.69. The van der Waals surface area contributed by atoms with Crippen LogP contribution in [0.2, 0.25) is 15.1 Å². The number of carbonyl (C=O) groups is 1. The summed E-state index contributed by atoms with van der Waals surface area (Å²) in [5.74, 6) is -0.168. The highest BCUT2D eigenvalue weighted by Gasteiger charge is 2.13. The zero-order chi connectivity index (χ0) is 13.3. The van der Waals surface area contributed by atoms with Gasteiger partial charge in [0.25, 0.3) is 0 Å². The van der Waals surface area contributed by atoms with Crippen molar-refractivity contribution in [1.82, 2.24) is 0 Å². The van der Waals surface area contributed by atoms with Crippen LogP contribution in [0.1, 0.15) is 21.5 Å². The molecule has 0 aliphatic heterocycles. The zero-order valence-corrected chi connectivity index (χ0v) is 11.8. The van der Waals surface area contributed by atoms with E-state index < -0.39 is 0 Å². The Morgan fingerprint density at radius 2 is 1.67 bits per heavy atom. The zero-order valence-electron chi connectivity index (χ0n) is 9.51. The van der Waals surface area contributed by atoms with Crippen LogP contribution in [-0.2, 0) is 0 Å². The molecule has 0 aliphatic rings. The Kier molecular flexibility index (Phi) is 3.96. The van der Waals surface area contributed by atoms with Gasteiger partial charge in [-0.05, 0) is 36.8 Å². The molecule has 0 fully saturated rings. The minimum atomic E-state index is -0.168. The van der Waals surface area contributed by atoms with Crippen LogP contribution in [0.15, 0.2) is 36.4 Å². The van der Waals surface area contributed by atoms with Gasteiger partial charge in [-0.15, -0.1) is 0 Å². The number of hydrogen-bond acceptors (Lipinski definition) is 1. The fourth-order valence-electron chi connectivity index (χ4n) is 1.56. The lowest BCUT2D eigenvalue weighted by atomic mass is 10.0. The molecule has 0 unspecified atom stereocenters. The molecule has 0 amide bonds. The van der Waals surface area contributed by atoms with E-state index in [4.69, 9.17) is 34.8 Å². The number of hydrogen-bond donors (Lipinski definition) is 0. The van der Waals surface area contributed by atoms with Gasteiger partial charge in [0.1, 0.15) is 0 Å².